The van der Waals surface area contributed by atoms with Gasteiger partial charge in [0.15, 0.2) is 0 Å². The Morgan fingerprint density at radius 2 is 2.38 bits per heavy atom. The maximum Gasteiger partial charge on any atom is 0.254 e. The van der Waals surface area contributed by atoms with Crippen molar-refractivity contribution < 1.29 is 4.79 Å². The average Bonchev–Trinajstić information content (AvgIpc) is 2.84. The molecular formula is C12H16BrNOS. The lowest BCUT2D eigenvalue weighted by molar-refractivity contribution is 0.0784. The lowest BCUT2D eigenvalue weighted by Gasteiger charge is -2.17. The van der Waals surface area contributed by atoms with E-state index in [-0.39, 0.29) is 5.91 Å². The first-order valence-electron chi connectivity index (χ1n) is 5.61. The zero-order valence-corrected chi connectivity index (χ0v) is 12.0. The van der Waals surface area contributed by atoms with Crippen molar-refractivity contribution in [1.82, 2.24) is 4.90 Å². The largest absolute Gasteiger partial charge is 0.338 e. The number of amides is 1. The van der Waals surface area contributed by atoms with Crippen LogP contribution in [0, 0.1) is 11.8 Å². The van der Waals surface area contributed by atoms with Gasteiger partial charge in [-0.25, -0.2) is 0 Å². The summed E-state index contributed by atoms with van der Waals surface area (Å²) in [6.07, 6.45) is 1.15. The molecule has 2 nitrogen and oxygen atoms in total. The highest BCUT2D eigenvalue weighted by Gasteiger charge is 2.28. The van der Waals surface area contributed by atoms with Crippen LogP contribution in [0.5, 0.6) is 0 Å². The molecule has 0 aromatic carbocycles. The third-order valence-corrected chi connectivity index (χ3v) is 4.77. The minimum absolute atomic E-state index is 0.185. The van der Waals surface area contributed by atoms with E-state index in [2.05, 4.69) is 29.8 Å². The zero-order valence-electron chi connectivity index (χ0n) is 9.57. The molecule has 4 heteroatoms. The second kappa shape index (κ2) is 4.88. The van der Waals surface area contributed by atoms with Gasteiger partial charge in [-0.15, -0.1) is 11.3 Å². The van der Waals surface area contributed by atoms with E-state index in [1.165, 1.54) is 0 Å². The first-order chi connectivity index (χ1) is 7.58. The number of likely N-dealkylation sites (tertiary alicyclic amines) is 1. The number of nitrogens with zero attached hydrogens (tertiary/aromatic N) is 1. The van der Waals surface area contributed by atoms with Crippen LogP contribution >= 0.6 is 27.3 Å². The minimum Gasteiger partial charge on any atom is -0.338 e. The Morgan fingerprint density at radius 1 is 1.62 bits per heavy atom. The van der Waals surface area contributed by atoms with Gasteiger partial charge in [0.2, 0.25) is 0 Å². The molecule has 0 radical (unpaired) electrons. The summed E-state index contributed by atoms with van der Waals surface area (Å²) in [5.41, 5.74) is 0.821. The fourth-order valence-electron chi connectivity index (χ4n) is 2.12. The zero-order chi connectivity index (χ0) is 11.7. The second-order valence-electron chi connectivity index (χ2n) is 4.68. The lowest BCUT2D eigenvalue weighted by Crippen LogP contribution is -2.28. The second-order valence-corrected chi connectivity index (χ2v) is 6.97. The summed E-state index contributed by atoms with van der Waals surface area (Å²) < 4.78 is 1.02. The van der Waals surface area contributed by atoms with E-state index in [9.17, 15) is 4.79 Å². The van der Waals surface area contributed by atoms with E-state index in [1.807, 2.05) is 16.3 Å². The molecule has 1 fully saturated rings. The van der Waals surface area contributed by atoms with Gasteiger partial charge in [0, 0.05) is 18.5 Å². The summed E-state index contributed by atoms with van der Waals surface area (Å²) in [5, 5.41) is 1.93. The van der Waals surface area contributed by atoms with Crippen LogP contribution in [-0.2, 0) is 0 Å². The topological polar surface area (TPSA) is 20.3 Å². The molecule has 0 aliphatic carbocycles. The summed E-state index contributed by atoms with van der Waals surface area (Å²) in [6, 6.07) is 1.91. The van der Waals surface area contributed by atoms with Gasteiger partial charge in [0.05, 0.1) is 9.35 Å². The molecule has 0 N–H and O–H groups in total. The Balaban J connectivity index is 2.02. The summed E-state index contributed by atoms with van der Waals surface area (Å²) in [7, 11) is 0. The van der Waals surface area contributed by atoms with Crippen molar-refractivity contribution in [2.24, 2.45) is 11.8 Å². The average molecular weight is 302 g/mol. The van der Waals surface area contributed by atoms with Crippen molar-refractivity contribution >= 4 is 33.2 Å². The lowest BCUT2D eigenvalue weighted by atomic mass is 9.95. The van der Waals surface area contributed by atoms with Gasteiger partial charge >= 0.3 is 0 Å². The maximum atomic E-state index is 12.1. The van der Waals surface area contributed by atoms with Crippen LogP contribution in [0.2, 0.25) is 0 Å². The highest BCUT2D eigenvalue weighted by Crippen LogP contribution is 2.27. The number of hydrogen-bond acceptors (Lipinski definition) is 2. The molecule has 1 aromatic rings. The molecule has 1 amide bonds. The molecule has 1 aliphatic heterocycles. The number of carbonyl (C=O) groups excluding carboxylic acids is 1. The van der Waals surface area contributed by atoms with Crippen LogP contribution in [0.15, 0.2) is 15.2 Å². The Hall–Kier alpha value is -0.350. The van der Waals surface area contributed by atoms with Crippen LogP contribution < -0.4 is 0 Å². The predicted octanol–water partition coefficient (Wildman–Crippen LogP) is 3.63. The molecule has 88 valence electrons. The summed E-state index contributed by atoms with van der Waals surface area (Å²) in [6.45, 7) is 6.30. The number of halogens is 1. The van der Waals surface area contributed by atoms with Crippen molar-refractivity contribution in [3.63, 3.8) is 0 Å². The highest BCUT2D eigenvalue weighted by molar-refractivity contribution is 9.11. The molecular weight excluding hydrogens is 286 g/mol. The molecule has 16 heavy (non-hydrogen) atoms. The molecule has 1 saturated heterocycles. The van der Waals surface area contributed by atoms with Crippen molar-refractivity contribution in [1.29, 1.82) is 0 Å². The fraction of sp³-hybridized carbons (Fsp3) is 0.583. The number of hydrogen-bond donors (Lipinski definition) is 0. The first kappa shape index (κ1) is 12.1. The van der Waals surface area contributed by atoms with Gasteiger partial charge in [-0.3, -0.25) is 4.79 Å². The van der Waals surface area contributed by atoms with Crippen molar-refractivity contribution in [2.75, 3.05) is 13.1 Å². The van der Waals surface area contributed by atoms with Gasteiger partial charge in [-0.05, 0) is 40.3 Å². The number of rotatable bonds is 2. The SMILES string of the molecule is CC(C)C1CCN(C(=O)c2csc(Br)c2)C1. The molecule has 2 heterocycles. The summed E-state index contributed by atoms with van der Waals surface area (Å²) in [4.78, 5) is 14.1. The summed E-state index contributed by atoms with van der Waals surface area (Å²) >= 11 is 4.96. The third kappa shape index (κ3) is 2.48. The highest BCUT2D eigenvalue weighted by atomic mass is 79.9. The number of thiophene rings is 1. The van der Waals surface area contributed by atoms with Gasteiger partial charge in [0.25, 0.3) is 5.91 Å². The minimum atomic E-state index is 0.185. The van der Waals surface area contributed by atoms with E-state index in [4.69, 9.17) is 0 Å². The quantitative estimate of drug-likeness (QED) is 0.817. The maximum absolute atomic E-state index is 12.1. The molecule has 0 bridgehead atoms. The molecule has 0 saturated carbocycles. The molecule has 1 unspecified atom stereocenters. The smallest absolute Gasteiger partial charge is 0.254 e. The van der Waals surface area contributed by atoms with Crippen LogP contribution in [0.3, 0.4) is 0 Å². The van der Waals surface area contributed by atoms with Gasteiger partial charge in [0.1, 0.15) is 0 Å². The van der Waals surface area contributed by atoms with E-state index in [1.54, 1.807) is 11.3 Å². The van der Waals surface area contributed by atoms with E-state index in [0.29, 0.717) is 11.8 Å². The van der Waals surface area contributed by atoms with Crippen molar-refractivity contribution in [3.05, 3.63) is 20.8 Å². The van der Waals surface area contributed by atoms with E-state index >= 15 is 0 Å². The van der Waals surface area contributed by atoms with Crippen LogP contribution in [0.1, 0.15) is 30.6 Å². The first-order valence-corrected chi connectivity index (χ1v) is 7.28. The molecule has 1 atom stereocenters. The third-order valence-electron chi connectivity index (χ3n) is 3.27. The normalized spacial score (nSPS) is 20.8. The summed E-state index contributed by atoms with van der Waals surface area (Å²) in [5.74, 6) is 1.53. The standard InChI is InChI=1S/C12H16BrNOS/c1-8(2)9-3-4-14(6-9)12(15)10-5-11(13)16-7-10/h5,7-9H,3-4,6H2,1-2H3. The van der Waals surface area contributed by atoms with Crippen molar-refractivity contribution in [3.8, 4) is 0 Å². The molecule has 1 aromatic heterocycles. The van der Waals surface area contributed by atoms with E-state index in [0.717, 1.165) is 28.9 Å². The van der Waals surface area contributed by atoms with E-state index < -0.39 is 0 Å². The molecule has 0 spiro atoms. The molecule has 2 rings (SSSR count). The van der Waals surface area contributed by atoms with Gasteiger partial charge in [-0.1, -0.05) is 13.8 Å². The predicted molar refractivity (Wildman–Crippen MR) is 70.9 cm³/mol. The Bertz CT molecular complexity index is 388. The van der Waals surface area contributed by atoms with Crippen LogP contribution in [0.25, 0.3) is 0 Å². The van der Waals surface area contributed by atoms with Crippen LogP contribution in [-0.4, -0.2) is 23.9 Å². The Labute approximate surface area is 109 Å². The van der Waals surface area contributed by atoms with Crippen molar-refractivity contribution in [2.45, 2.75) is 20.3 Å². The fourth-order valence-corrected chi connectivity index (χ4v) is 3.25. The molecule has 1 aliphatic rings. The van der Waals surface area contributed by atoms with Gasteiger partial charge in [-0.2, -0.15) is 0 Å². The van der Waals surface area contributed by atoms with Gasteiger partial charge < -0.3 is 4.90 Å². The Kier molecular flexibility index (Phi) is 3.70. The Morgan fingerprint density at radius 3 is 2.88 bits per heavy atom. The monoisotopic (exact) mass is 301 g/mol. The van der Waals surface area contributed by atoms with Crippen LogP contribution in [0.4, 0.5) is 0 Å². The number of carbonyl (C=O) groups is 1.